The van der Waals surface area contributed by atoms with Crippen LogP contribution in [0.4, 0.5) is 0 Å². The number of hydrogen-bond donors (Lipinski definition) is 1. The highest BCUT2D eigenvalue weighted by atomic mass is 28.4. The lowest BCUT2D eigenvalue weighted by molar-refractivity contribution is -0.0406. The molecule has 1 aliphatic heterocycles. The average Bonchev–Trinajstić information content (AvgIpc) is 2.88. The Morgan fingerprint density at radius 2 is 1.82 bits per heavy atom. The lowest BCUT2D eigenvalue weighted by atomic mass is 10.2. The number of nitrogens with zero attached hydrogens (tertiary/aromatic N) is 1. The third kappa shape index (κ3) is 5.53. The van der Waals surface area contributed by atoms with Crippen LogP contribution in [0.5, 0.6) is 0 Å². The lowest BCUT2D eigenvalue weighted by Crippen LogP contribution is -2.45. The monoisotopic (exact) mass is 428 g/mol. The summed E-state index contributed by atoms with van der Waals surface area (Å²) in [6.07, 6.45) is 1.26. The first kappa shape index (κ1) is 23.3. The van der Waals surface area contributed by atoms with Crippen LogP contribution in [0.2, 0.25) is 37.8 Å². The molecule has 1 aliphatic rings. The van der Waals surface area contributed by atoms with Crippen LogP contribution >= 0.6 is 0 Å². The van der Waals surface area contributed by atoms with E-state index in [-0.39, 0.29) is 22.8 Å². The SMILES string of the molecule is Cc1cn([C@@H]2CC(O[Si](C)(C)C)[C@H](CO[Si](C)(C)C(C)(C)C)O2)c(=O)[nH]c1=O. The first-order valence-electron chi connectivity index (χ1n) is 9.90. The second-order valence-corrected chi connectivity index (χ2v) is 19.5. The summed E-state index contributed by atoms with van der Waals surface area (Å²) in [5, 5.41) is 0.104. The number of nitrogens with one attached hydrogen (secondary N) is 1. The summed E-state index contributed by atoms with van der Waals surface area (Å²) in [7, 11) is -3.74. The number of ether oxygens (including phenoxy) is 1. The summed E-state index contributed by atoms with van der Waals surface area (Å²) < 4.78 is 20.4. The maximum atomic E-state index is 12.3. The van der Waals surface area contributed by atoms with Crippen molar-refractivity contribution in [3.8, 4) is 0 Å². The summed E-state index contributed by atoms with van der Waals surface area (Å²) in [6, 6.07) is 0. The Morgan fingerprint density at radius 1 is 1.21 bits per heavy atom. The number of rotatable bonds is 6. The maximum absolute atomic E-state index is 12.3. The van der Waals surface area contributed by atoms with Gasteiger partial charge in [0.05, 0.1) is 12.7 Å². The van der Waals surface area contributed by atoms with Gasteiger partial charge in [0.2, 0.25) is 0 Å². The van der Waals surface area contributed by atoms with E-state index in [2.05, 4.69) is 58.5 Å². The van der Waals surface area contributed by atoms with Crippen LogP contribution in [0.3, 0.4) is 0 Å². The number of aromatic nitrogens is 2. The van der Waals surface area contributed by atoms with E-state index in [0.29, 0.717) is 18.6 Å². The Labute approximate surface area is 169 Å². The van der Waals surface area contributed by atoms with E-state index in [1.165, 1.54) is 4.57 Å². The smallest absolute Gasteiger partial charge is 0.330 e. The van der Waals surface area contributed by atoms with Crippen molar-refractivity contribution >= 4 is 16.6 Å². The van der Waals surface area contributed by atoms with Crippen molar-refractivity contribution in [1.82, 2.24) is 9.55 Å². The Bertz CT molecular complexity index is 804. The summed E-state index contributed by atoms with van der Waals surface area (Å²) in [5.74, 6) is 0. The van der Waals surface area contributed by atoms with E-state index in [0.717, 1.165) is 0 Å². The molecule has 1 aromatic rings. The van der Waals surface area contributed by atoms with E-state index in [4.69, 9.17) is 13.6 Å². The molecule has 1 fully saturated rings. The van der Waals surface area contributed by atoms with Gasteiger partial charge in [-0.1, -0.05) is 20.8 Å². The van der Waals surface area contributed by atoms with Crippen molar-refractivity contribution in [3.63, 3.8) is 0 Å². The molecule has 1 unspecified atom stereocenters. The molecule has 0 saturated carbocycles. The van der Waals surface area contributed by atoms with E-state index in [9.17, 15) is 9.59 Å². The molecule has 1 saturated heterocycles. The highest BCUT2D eigenvalue weighted by Crippen LogP contribution is 2.38. The van der Waals surface area contributed by atoms with Gasteiger partial charge < -0.3 is 13.6 Å². The molecule has 3 atom stereocenters. The van der Waals surface area contributed by atoms with Gasteiger partial charge in [-0.15, -0.1) is 0 Å². The molecule has 0 spiro atoms. The van der Waals surface area contributed by atoms with Gasteiger partial charge in [-0.2, -0.15) is 0 Å². The fraction of sp³-hybridized carbons (Fsp3) is 0.789. The van der Waals surface area contributed by atoms with Crippen molar-refractivity contribution in [2.24, 2.45) is 0 Å². The fourth-order valence-electron chi connectivity index (χ4n) is 2.91. The largest absolute Gasteiger partial charge is 0.414 e. The van der Waals surface area contributed by atoms with Gasteiger partial charge in [-0.3, -0.25) is 14.3 Å². The molecule has 160 valence electrons. The van der Waals surface area contributed by atoms with Crippen LogP contribution in [0.25, 0.3) is 0 Å². The minimum atomic E-state index is -1.93. The standard InChI is InChI=1S/C19H36N2O5Si2/c1-13-11-21(18(23)20-17(13)22)16-10-14(26-27(5,6)7)15(25-16)12-24-28(8,9)19(2,3)4/h11,14-16H,10,12H2,1-9H3,(H,20,22,23)/t14?,15-,16-/m0/s1. The van der Waals surface area contributed by atoms with E-state index < -0.39 is 28.6 Å². The first-order chi connectivity index (χ1) is 12.6. The van der Waals surface area contributed by atoms with Crippen molar-refractivity contribution < 1.29 is 13.6 Å². The van der Waals surface area contributed by atoms with Crippen LogP contribution < -0.4 is 11.2 Å². The molecule has 2 rings (SSSR count). The Hall–Kier alpha value is -1.01. The molecule has 0 aromatic carbocycles. The number of aromatic amines is 1. The molecular formula is C19H36N2O5Si2. The summed E-state index contributed by atoms with van der Waals surface area (Å²) in [6.45, 7) is 19.6. The van der Waals surface area contributed by atoms with Crippen LogP contribution in [0.1, 0.15) is 39.0 Å². The fourth-order valence-corrected chi connectivity index (χ4v) is 5.08. The summed E-state index contributed by atoms with van der Waals surface area (Å²) in [4.78, 5) is 26.3. The number of aryl methyl sites for hydroxylation is 1. The molecule has 7 nitrogen and oxygen atoms in total. The lowest BCUT2D eigenvalue weighted by Gasteiger charge is -2.37. The van der Waals surface area contributed by atoms with Crippen LogP contribution in [-0.2, 0) is 13.6 Å². The summed E-state index contributed by atoms with van der Waals surface area (Å²) in [5.41, 5.74) is -0.350. The van der Waals surface area contributed by atoms with Gasteiger partial charge in [0.15, 0.2) is 16.6 Å². The second-order valence-electron chi connectivity index (χ2n) is 10.2. The zero-order chi connectivity index (χ0) is 21.5. The third-order valence-corrected chi connectivity index (χ3v) is 11.1. The van der Waals surface area contributed by atoms with Crippen molar-refractivity contribution in [3.05, 3.63) is 32.6 Å². The zero-order valence-corrected chi connectivity index (χ0v) is 20.7. The summed E-state index contributed by atoms with van der Waals surface area (Å²) >= 11 is 0. The van der Waals surface area contributed by atoms with Crippen LogP contribution in [-0.4, -0.2) is 45.0 Å². The quantitative estimate of drug-likeness (QED) is 0.703. The topological polar surface area (TPSA) is 82.6 Å². The van der Waals surface area contributed by atoms with Gasteiger partial charge in [0.1, 0.15) is 12.3 Å². The molecular weight excluding hydrogens is 392 g/mol. The molecule has 9 heteroatoms. The molecule has 0 radical (unpaired) electrons. The third-order valence-electron chi connectivity index (χ3n) is 5.56. The normalized spacial score (nSPS) is 24.0. The Balaban J connectivity index is 2.24. The van der Waals surface area contributed by atoms with Gasteiger partial charge in [-0.05, 0) is 44.7 Å². The van der Waals surface area contributed by atoms with Gasteiger partial charge in [-0.25, -0.2) is 4.79 Å². The molecule has 28 heavy (non-hydrogen) atoms. The maximum Gasteiger partial charge on any atom is 0.330 e. The second kappa shape index (κ2) is 8.02. The molecule has 1 aromatic heterocycles. The van der Waals surface area contributed by atoms with Crippen molar-refractivity contribution in [2.45, 2.75) is 90.3 Å². The average molecular weight is 429 g/mol. The van der Waals surface area contributed by atoms with Gasteiger partial charge in [0.25, 0.3) is 5.56 Å². The first-order valence-corrected chi connectivity index (χ1v) is 16.2. The molecule has 1 N–H and O–H groups in total. The predicted molar refractivity (Wildman–Crippen MR) is 116 cm³/mol. The van der Waals surface area contributed by atoms with Gasteiger partial charge >= 0.3 is 5.69 Å². The molecule has 0 bridgehead atoms. The van der Waals surface area contributed by atoms with E-state index >= 15 is 0 Å². The number of hydrogen-bond acceptors (Lipinski definition) is 5. The minimum Gasteiger partial charge on any atom is -0.414 e. The van der Waals surface area contributed by atoms with Crippen molar-refractivity contribution in [2.75, 3.05) is 6.61 Å². The van der Waals surface area contributed by atoms with Crippen molar-refractivity contribution in [1.29, 1.82) is 0 Å². The molecule has 2 heterocycles. The van der Waals surface area contributed by atoms with E-state index in [1.807, 2.05) is 0 Å². The highest BCUT2D eigenvalue weighted by Gasteiger charge is 2.43. The number of H-pyrrole nitrogens is 1. The predicted octanol–water partition coefficient (Wildman–Crippen LogP) is 3.37. The highest BCUT2D eigenvalue weighted by molar-refractivity contribution is 6.74. The van der Waals surface area contributed by atoms with Crippen LogP contribution in [0, 0.1) is 6.92 Å². The van der Waals surface area contributed by atoms with Crippen LogP contribution in [0.15, 0.2) is 15.8 Å². The van der Waals surface area contributed by atoms with E-state index in [1.54, 1.807) is 13.1 Å². The molecule has 0 aliphatic carbocycles. The Morgan fingerprint density at radius 3 is 2.36 bits per heavy atom. The molecule has 0 amide bonds. The Kier molecular flexibility index (Phi) is 6.67. The minimum absolute atomic E-state index is 0.104. The zero-order valence-electron chi connectivity index (χ0n) is 18.7. The van der Waals surface area contributed by atoms with Gasteiger partial charge in [0, 0.05) is 18.2 Å².